The van der Waals surface area contributed by atoms with Crippen LogP contribution in [0.15, 0.2) is 10.5 Å². The molecule has 1 aromatic carbocycles. The Morgan fingerprint density at radius 2 is 1.78 bits per heavy atom. The lowest BCUT2D eigenvalue weighted by Gasteiger charge is -2.19. The van der Waals surface area contributed by atoms with Crippen LogP contribution in [-0.2, 0) is 4.79 Å². The number of ether oxygens (including phenoxy) is 3. The molecule has 0 spiro atoms. The van der Waals surface area contributed by atoms with Crippen LogP contribution >= 0.6 is 15.9 Å². The van der Waals surface area contributed by atoms with E-state index in [1.807, 2.05) is 0 Å². The van der Waals surface area contributed by atoms with Crippen molar-refractivity contribution in [2.45, 2.75) is 12.8 Å². The van der Waals surface area contributed by atoms with E-state index in [4.69, 9.17) is 19.3 Å². The van der Waals surface area contributed by atoms with Gasteiger partial charge in [0.05, 0.1) is 27.2 Å². The second kappa shape index (κ2) is 5.95. The molecule has 1 N–H and O–H groups in total. The molecule has 100 valence electrons. The van der Waals surface area contributed by atoms with Crippen LogP contribution in [0.5, 0.6) is 17.2 Å². The summed E-state index contributed by atoms with van der Waals surface area (Å²) in [6.45, 7) is 1.58. The van der Waals surface area contributed by atoms with Crippen molar-refractivity contribution in [3.05, 3.63) is 16.1 Å². The number of carboxylic acids is 1. The predicted octanol–water partition coefficient (Wildman–Crippen LogP) is 2.66. The van der Waals surface area contributed by atoms with Gasteiger partial charge in [-0.3, -0.25) is 4.79 Å². The molecule has 0 amide bonds. The SMILES string of the molecule is COc1cc(Br)c(C(C)C(=O)O)c(OC)c1OC. The zero-order valence-electron chi connectivity index (χ0n) is 10.6. The fourth-order valence-corrected chi connectivity index (χ4v) is 2.41. The minimum absolute atomic E-state index is 0.360. The summed E-state index contributed by atoms with van der Waals surface area (Å²) in [5.41, 5.74) is 0.516. The van der Waals surface area contributed by atoms with Gasteiger partial charge in [0.1, 0.15) is 0 Å². The van der Waals surface area contributed by atoms with Crippen molar-refractivity contribution in [2.75, 3.05) is 21.3 Å². The number of benzene rings is 1. The average Bonchev–Trinajstić information content (AvgIpc) is 2.36. The lowest BCUT2D eigenvalue weighted by Crippen LogP contribution is -2.11. The average molecular weight is 319 g/mol. The molecule has 6 heteroatoms. The van der Waals surface area contributed by atoms with Crippen molar-refractivity contribution in [1.82, 2.24) is 0 Å². The number of methoxy groups -OCH3 is 3. The van der Waals surface area contributed by atoms with Crippen LogP contribution in [-0.4, -0.2) is 32.4 Å². The third-order valence-corrected chi connectivity index (χ3v) is 3.28. The van der Waals surface area contributed by atoms with E-state index < -0.39 is 11.9 Å². The van der Waals surface area contributed by atoms with E-state index in [0.717, 1.165) is 0 Å². The summed E-state index contributed by atoms with van der Waals surface area (Å²) in [6, 6.07) is 1.66. The van der Waals surface area contributed by atoms with Gasteiger partial charge in [0.2, 0.25) is 5.75 Å². The van der Waals surface area contributed by atoms with Crippen LogP contribution < -0.4 is 14.2 Å². The monoisotopic (exact) mass is 318 g/mol. The molecule has 0 aliphatic rings. The van der Waals surface area contributed by atoms with Crippen LogP contribution in [0.2, 0.25) is 0 Å². The third-order valence-electron chi connectivity index (χ3n) is 2.62. The van der Waals surface area contributed by atoms with Gasteiger partial charge in [-0.2, -0.15) is 0 Å². The summed E-state index contributed by atoms with van der Waals surface area (Å²) < 4.78 is 16.3. The molecule has 18 heavy (non-hydrogen) atoms. The molecule has 0 saturated heterocycles. The third kappa shape index (κ3) is 2.53. The molecule has 1 rings (SSSR count). The first-order chi connectivity index (χ1) is 8.47. The molecule has 5 nitrogen and oxygen atoms in total. The van der Waals surface area contributed by atoms with E-state index in [1.54, 1.807) is 13.0 Å². The Morgan fingerprint density at radius 1 is 1.22 bits per heavy atom. The van der Waals surface area contributed by atoms with Gasteiger partial charge in [-0.25, -0.2) is 0 Å². The minimum Gasteiger partial charge on any atom is -0.493 e. The molecule has 0 fully saturated rings. The summed E-state index contributed by atoms with van der Waals surface area (Å²) in [5, 5.41) is 9.12. The van der Waals surface area contributed by atoms with E-state index >= 15 is 0 Å². The van der Waals surface area contributed by atoms with E-state index in [9.17, 15) is 4.79 Å². The van der Waals surface area contributed by atoms with Gasteiger partial charge in [0.25, 0.3) is 0 Å². The number of hydrogen-bond acceptors (Lipinski definition) is 4. The van der Waals surface area contributed by atoms with Gasteiger partial charge in [-0.15, -0.1) is 0 Å². The lowest BCUT2D eigenvalue weighted by molar-refractivity contribution is -0.138. The van der Waals surface area contributed by atoms with Gasteiger partial charge < -0.3 is 19.3 Å². The Bertz CT molecular complexity index is 458. The van der Waals surface area contributed by atoms with E-state index in [0.29, 0.717) is 27.3 Å². The summed E-state index contributed by atoms with van der Waals surface area (Å²) >= 11 is 3.33. The van der Waals surface area contributed by atoms with Crippen LogP contribution in [0.4, 0.5) is 0 Å². The Kier molecular flexibility index (Phi) is 4.84. The second-order valence-electron chi connectivity index (χ2n) is 3.60. The topological polar surface area (TPSA) is 65.0 Å². The summed E-state index contributed by atoms with van der Waals surface area (Å²) in [5.74, 6) is -0.456. The Balaban J connectivity index is 3.55. The van der Waals surface area contributed by atoms with E-state index in [2.05, 4.69) is 15.9 Å². The van der Waals surface area contributed by atoms with Crippen molar-refractivity contribution in [1.29, 1.82) is 0 Å². The smallest absolute Gasteiger partial charge is 0.310 e. The van der Waals surface area contributed by atoms with Crippen LogP contribution in [0, 0.1) is 0 Å². The predicted molar refractivity (Wildman–Crippen MR) is 69.8 cm³/mol. The highest BCUT2D eigenvalue weighted by molar-refractivity contribution is 9.10. The minimum atomic E-state index is -0.943. The molecular weight excluding hydrogens is 304 g/mol. The number of carboxylic acid groups (broad SMARTS) is 1. The summed E-state index contributed by atoms with van der Waals surface area (Å²) in [4.78, 5) is 11.1. The van der Waals surface area contributed by atoms with Crippen molar-refractivity contribution in [3.63, 3.8) is 0 Å². The number of carbonyl (C=O) groups is 1. The second-order valence-corrected chi connectivity index (χ2v) is 4.46. The Morgan fingerprint density at radius 3 is 2.17 bits per heavy atom. The number of aliphatic carboxylic acids is 1. The maximum Gasteiger partial charge on any atom is 0.310 e. The normalized spacial score (nSPS) is 11.8. The summed E-state index contributed by atoms with van der Waals surface area (Å²) in [6.07, 6.45) is 0. The first-order valence-electron chi connectivity index (χ1n) is 5.19. The highest BCUT2D eigenvalue weighted by Gasteiger charge is 2.26. The molecule has 0 aromatic heterocycles. The standard InChI is InChI=1S/C12H15BrO5/c1-6(12(14)15)9-7(13)5-8(16-2)10(17-3)11(9)18-4/h5-6H,1-4H3,(H,14,15). The molecule has 1 unspecified atom stereocenters. The largest absolute Gasteiger partial charge is 0.493 e. The lowest BCUT2D eigenvalue weighted by atomic mass is 9.99. The Labute approximate surface area is 114 Å². The molecule has 0 bridgehead atoms. The zero-order valence-corrected chi connectivity index (χ0v) is 12.2. The molecule has 0 saturated carbocycles. The molecule has 0 aliphatic carbocycles. The molecule has 0 heterocycles. The van der Waals surface area contributed by atoms with Gasteiger partial charge in [-0.1, -0.05) is 15.9 Å². The maximum absolute atomic E-state index is 11.1. The van der Waals surface area contributed by atoms with Gasteiger partial charge in [0, 0.05) is 10.0 Å². The molecule has 1 atom stereocenters. The van der Waals surface area contributed by atoms with Crippen molar-refractivity contribution in [3.8, 4) is 17.2 Å². The van der Waals surface area contributed by atoms with Crippen molar-refractivity contribution >= 4 is 21.9 Å². The first kappa shape index (κ1) is 14.6. The van der Waals surface area contributed by atoms with Crippen LogP contribution in [0.1, 0.15) is 18.4 Å². The molecular formula is C12H15BrO5. The van der Waals surface area contributed by atoms with Gasteiger partial charge in [-0.05, 0) is 13.0 Å². The highest BCUT2D eigenvalue weighted by atomic mass is 79.9. The number of rotatable bonds is 5. The molecule has 1 aromatic rings. The molecule has 0 radical (unpaired) electrons. The fraction of sp³-hybridized carbons (Fsp3) is 0.417. The van der Waals surface area contributed by atoms with Crippen LogP contribution in [0.25, 0.3) is 0 Å². The first-order valence-corrected chi connectivity index (χ1v) is 5.98. The van der Waals surface area contributed by atoms with Gasteiger partial charge >= 0.3 is 5.97 Å². The fourth-order valence-electron chi connectivity index (χ4n) is 1.68. The van der Waals surface area contributed by atoms with E-state index in [-0.39, 0.29) is 0 Å². The maximum atomic E-state index is 11.1. The van der Waals surface area contributed by atoms with Gasteiger partial charge in [0.15, 0.2) is 11.5 Å². The Hall–Kier alpha value is -1.43. The highest BCUT2D eigenvalue weighted by Crippen LogP contribution is 2.46. The summed E-state index contributed by atoms with van der Waals surface area (Å²) in [7, 11) is 4.44. The van der Waals surface area contributed by atoms with Crippen molar-refractivity contribution < 1.29 is 24.1 Å². The molecule has 0 aliphatic heterocycles. The van der Waals surface area contributed by atoms with E-state index in [1.165, 1.54) is 21.3 Å². The quantitative estimate of drug-likeness (QED) is 0.904. The zero-order chi connectivity index (χ0) is 13.9. The number of hydrogen-bond donors (Lipinski definition) is 1. The number of halogens is 1. The van der Waals surface area contributed by atoms with Crippen molar-refractivity contribution in [2.24, 2.45) is 0 Å². The van der Waals surface area contributed by atoms with Crippen LogP contribution in [0.3, 0.4) is 0 Å².